The SMILES string of the molecule is CCc1ccc(C(=O)Cn2nnc(-c3ccc(C(N)=O)cc3)n2)cc1. The van der Waals surface area contributed by atoms with Gasteiger partial charge in [0.05, 0.1) is 0 Å². The lowest BCUT2D eigenvalue weighted by atomic mass is 10.1. The zero-order valence-corrected chi connectivity index (χ0v) is 13.7. The molecular formula is C18H17N5O2. The highest BCUT2D eigenvalue weighted by atomic mass is 16.1. The molecular weight excluding hydrogens is 318 g/mol. The van der Waals surface area contributed by atoms with Gasteiger partial charge in [0.1, 0.15) is 6.54 Å². The molecule has 1 aromatic heterocycles. The summed E-state index contributed by atoms with van der Waals surface area (Å²) in [6, 6.07) is 14.1. The second-order valence-electron chi connectivity index (χ2n) is 5.56. The van der Waals surface area contributed by atoms with Crippen LogP contribution >= 0.6 is 0 Å². The van der Waals surface area contributed by atoms with Crippen LogP contribution in [-0.4, -0.2) is 31.9 Å². The van der Waals surface area contributed by atoms with Crippen LogP contribution in [0.15, 0.2) is 48.5 Å². The van der Waals surface area contributed by atoms with Gasteiger partial charge in [-0.1, -0.05) is 43.3 Å². The van der Waals surface area contributed by atoms with E-state index in [1.807, 2.05) is 24.3 Å². The number of aryl methyl sites for hydroxylation is 1. The molecule has 0 bridgehead atoms. The summed E-state index contributed by atoms with van der Waals surface area (Å²) >= 11 is 0. The molecule has 3 rings (SSSR count). The maximum Gasteiger partial charge on any atom is 0.248 e. The molecule has 0 aliphatic carbocycles. The molecule has 0 fully saturated rings. The van der Waals surface area contributed by atoms with E-state index in [9.17, 15) is 9.59 Å². The average molecular weight is 335 g/mol. The molecule has 1 amide bonds. The number of primary amides is 1. The van der Waals surface area contributed by atoms with Crippen LogP contribution in [0.25, 0.3) is 11.4 Å². The van der Waals surface area contributed by atoms with Crippen molar-refractivity contribution in [3.8, 4) is 11.4 Å². The minimum atomic E-state index is -0.497. The van der Waals surface area contributed by atoms with Crippen molar-refractivity contribution in [2.24, 2.45) is 5.73 Å². The minimum Gasteiger partial charge on any atom is -0.366 e. The predicted molar refractivity (Wildman–Crippen MR) is 91.9 cm³/mol. The number of nitrogens with two attached hydrogens (primary N) is 1. The molecule has 0 unspecified atom stereocenters. The Bertz CT molecular complexity index is 898. The Morgan fingerprint density at radius 3 is 2.24 bits per heavy atom. The van der Waals surface area contributed by atoms with Crippen molar-refractivity contribution in [3.63, 3.8) is 0 Å². The van der Waals surface area contributed by atoms with Crippen LogP contribution in [0, 0.1) is 0 Å². The monoisotopic (exact) mass is 335 g/mol. The lowest BCUT2D eigenvalue weighted by Gasteiger charge is -2.01. The van der Waals surface area contributed by atoms with Crippen LogP contribution in [0.2, 0.25) is 0 Å². The first kappa shape index (κ1) is 16.5. The van der Waals surface area contributed by atoms with E-state index in [0.29, 0.717) is 22.5 Å². The number of carbonyl (C=O) groups excluding carboxylic acids is 2. The molecule has 2 N–H and O–H groups in total. The molecule has 0 saturated carbocycles. The number of nitrogens with zero attached hydrogens (tertiary/aromatic N) is 4. The Hall–Kier alpha value is -3.35. The number of carbonyl (C=O) groups is 2. The van der Waals surface area contributed by atoms with E-state index in [1.165, 1.54) is 10.4 Å². The number of hydrogen-bond donors (Lipinski definition) is 1. The predicted octanol–water partition coefficient (Wildman–Crippen LogP) is 1.88. The largest absolute Gasteiger partial charge is 0.366 e. The maximum atomic E-state index is 12.3. The van der Waals surface area contributed by atoms with Gasteiger partial charge < -0.3 is 5.73 Å². The third-order valence-electron chi connectivity index (χ3n) is 3.85. The van der Waals surface area contributed by atoms with Gasteiger partial charge in [0.15, 0.2) is 5.78 Å². The van der Waals surface area contributed by atoms with E-state index in [-0.39, 0.29) is 12.3 Å². The smallest absolute Gasteiger partial charge is 0.248 e. The minimum absolute atomic E-state index is 0.0117. The van der Waals surface area contributed by atoms with Gasteiger partial charge in [-0.2, -0.15) is 4.80 Å². The fraction of sp³-hybridized carbons (Fsp3) is 0.167. The molecule has 0 saturated heterocycles. The maximum absolute atomic E-state index is 12.3. The molecule has 25 heavy (non-hydrogen) atoms. The fourth-order valence-corrected chi connectivity index (χ4v) is 2.36. The molecule has 126 valence electrons. The van der Waals surface area contributed by atoms with Gasteiger partial charge in [-0.15, -0.1) is 10.2 Å². The number of benzene rings is 2. The van der Waals surface area contributed by atoms with Gasteiger partial charge >= 0.3 is 0 Å². The molecule has 3 aromatic rings. The number of ketones is 1. The van der Waals surface area contributed by atoms with Gasteiger partial charge in [0.25, 0.3) is 0 Å². The number of Topliss-reactive ketones (excluding diaryl/α,β-unsaturated/α-hetero) is 1. The van der Waals surface area contributed by atoms with Crippen molar-refractivity contribution in [1.82, 2.24) is 20.2 Å². The van der Waals surface area contributed by atoms with E-state index >= 15 is 0 Å². The van der Waals surface area contributed by atoms with Crippen LogP contribution in [0.3, 0.4) is 0 Å². The summed E-state index contributed by atoms with van der Waals surface area (Å²) in [4.78, 5) is 24.6. The first-order chi connectivity index (χ1) is 12.1. The molecule has 7 heteroatoms. The van der Waals surface area contributed by atoms with E-state index in [1.54, 1.807) is 24.3 Å². The lowest BCUT2D eigenvalue weighted by molar-refractivity contribution is 0.0959. The number of hydrogen-bond acceptors (Lipinski definition) is 5. The van der Waals surface area contributed by atoms with Gasteiger partial charge in [-0.3, -0.25) is 9.59 Å². The summed E-state index contributed by atoms with van der Waals surface area (Å²) in [5, 5.41) is 12.1. The van der Waals surface area contributed by atoms with E-state index in [2.05, 4.69) is 22.3 Å². The number of tetrazole rings is 1. The van der Waals surface area contributed by atoms with Crippen LogP contribution in [-0.2, 0) is 13.0 Å². The van der Waals surface area contributed by atoms with Gasteiger partial charge in [0, 0.05) is 16.7 Å². The van der Waals surface area contributed by atoms with Gasteiger partial charge in [-0.05, 0) is 29.3 Å². The van der Waals surface area contributed by atoms with Crippen molar-refractivity contribution in [2.75, 3.05) is 0 Å². The summed E-state index contributed by atoms with van der Waals surface area (Å²) in [7, 11) is 0. The Balaban J connectivity index is 1.72. The molecule has 0 aliphatic heterocycles. The Morgan fingerprint density at radius 1 is 1.00 bits per heavy atom. The summed E-state index contributed by atoms with van der Waals surface area (Å²) in [6.07, 6.45) is 0.928. The van der Waals surface area contributed by atoms with Crippen LogP contribution in [0.1, 0.15) is 33.2 Å². The molecule has 2 aromatic carbocycles. The Morgan fingerprint density at radius 2 is 1.64 bits per heavy atom. The van der Waals surface area contributed by atoms with Gasteiger partial charge in [0.2, 0.25) is 11.7 Å². The topological polar surface area (TPSA) is 104 Å². The first-order valence-electron chi connectivity index (χ1n) is 7.87. The summed E-state index contributed by atoms with van der Waals surface area (Å²) in [5.41, 5.74) is 8.10. The zero-order valence-electron chi connectivity index (χ0n) is 13.7. The van der Waals surface area contributed by atoms with Crippen LogP contribution in [0.4, 0.5) is 0 Å². The molecule has 0 radical (unpaired) electrons. The van der Waals surface area contributed by atoms with Crippen molar-refractivity contribution < 1.29 is 9.59 Å². The third kappa shape index (κ3) is 3.77. The van der Waals surface area contributed by atoms with Crippen molar-refractivity contribution in [3.05, 3.63) is 65.2 Å². The van der Waals surface area contributed by atoms with Crippen LogP contribution < -0.4 is 5.73 Å². The molecule has 0 aliphatic rings. The zero-order chi connectivity index (χ0) is 17.8. The fourth-order valence-electron chi connectivity index (χ4n) is 2.36. The van der Waals surface area contributed by atoms with E-state index in [4.69, 9.17) is 5.73 Å². The highest BCUT2D eigenvalue weighted by Crippen LogP contribution is 2.14. The molecule has 1 heterocycles. The first-order valence-corrected chi connectivity index (χ1v) is 7.87. The molecule has 0 atom stereocenters. The highest BCUT2D eigenvalue weighted by Gasteiger charge is 2.11. The number of aromatic nitrogens is 4. The van der Waals surface area contributed by atoms with E-state index in [0.717, 1.165) is 6.42 Å². The quantitative estimate of drug-likeness (QED) is 0.693. The average Bonchev–Trinajstić information content (AvgIpc) is 3.10. The standard InChI is InChI=1S/C18H17N5O2/c1-2-12-3-5-13(6-4-12)16(24)11-23-21-18(20-22-23)15-9-7-14(8-10-15)17(19)25/h3-10H,2,11H2,1H3,(H2,19,25). The Kier molecular flexibility index (Phi) is 4.65. The van der Waals surface area contributed by atoms with Crippen molar-refractivity contribution in [1.29, 1.82) is 0 Å². The highest BCUT2D eigenvalue weighted by molar-refractivity contribution is 5.95. The summed E-state index contributed by atoms with van der Waals surface area (Å²) < 4.78 is 0. The molecule has 0 spiro atoms. The summed E-state index contributed by atoms with van der Waals surface area (Å²) in [6.45, 7) is 2.07. The second-order valence-corrected chi connectivity index (χ2v) is 5.56. The van der Waals surface area contributed by atoms with Crippen molar-refractivity contribution in [2.45, 2.75) is 19.9 Å². The lowest BCUT2D eigenvalue weighted by Crippen LogP contribution is -2.13. The Labute approximate surface area is 144 Å². The number of rotatable bonds is 6. The van der Waals surface area contributed by atoms with Crippen LogP contribution in [0.5, 0.6) is 0 Å². The second kappa shape index (κ2) is 7.04. The number of amides is 1. The molecule has 7 nitrogen and oxygen atoms in total. The normalized spacial score (nSPS) is 10.6. The summed E-state index contributed by atoms with van der Waals surface area (Å²) in [5.74, 6) is -0.205. The third-order valence-corrected chi connectivity index (χ3v) is 3.85. The van der Waals surface area contributed by atoms with E-state index < -0.39 is 5.91 Å². The van der Waals surface area contributed by atoms with Gasteiger partial charge in [-0.25, -0.2) is 0 Å². The van der Waals surface area contributed by atoms with Crippen molar-refractivity contribution >= 4 is 11.7 Å².